The van der Waals surface area contributed by atoms with Crippen LogP contribution in [0.25, 0.3) is 0 Å². The molecule has 0 radical (unpaired) electrons. The van der Waals surface area contributed by atoms with Crippen molar-refractivity contribution in [3.8, 4) is 0 Å². The number of carbonyl (C=O) groups excluding carboxylic acids is 1. The second-order valence-corrected chi connectivity index (χ2v) is 8.33. The number of alkyl halides is 3. The van der Waals surface area contributed by atoms with Crippen LogP contribution < -0.4 is 5.73 Å². The van der Waals surface area contributed by atoms with Gasteiger partial charge in [-0.15, -0.1) is 0 Å². The molecule has 1 aliphatic heterocycles. The summed E-state index contributed by atoms with van der Waals surface area (Å²) in [6.07, 6.45) is -1.70. The highest BCUT2D eigenvalue weighted by Crippen LogP contribution is 2.34. The van der Waals surface area contributed by atoms with Crippen LogP contribution >= 0.6 is 0 Å². The van der Waals surface area contributed by atoms with Gasteiger partial charge in [-0.05, 0) is 73.9 Å². The molecule has 0 bridgehead atoms. The second kappa shape index (κ2) is 9.81. The van der Waals surface area contributed by atoms with Gasteiger partial charge in [0.1, 0.15) is 18.0 Å². The topological polar surface area (TPSA) is 52.3 Å². The van der Waals surface area contributed by atoms with Gasteiger partial charge in [-0.25, -0.2) is 4.39 Å². The first-order chi connectivity index (χ1) is 14.6. The molecule has 0 saturated carbocycles. The van der Waals surface area contributed by atoms with Gasteiger partial charge in [-0.1, -0.05) is 30.7 Å². The molecule has 1 fully saturated rings. The van der Waals surface area contributed by atoms with E-state index in [1.165, 1.54) is 24.3 Å². The number of esters is 1. The Kier molecular flexibility index (Phi) is 7.36. The zero-order chi connectivity index (χ0) is 22.6. The highest BCUT2D eigenvalue weighted by molar-refractivity contribution is 5.75. The number of hydrogen-bond acceptors (Lipinski definition) is 3. The summed E-state index contributed by atoms with van der Waals surface area (Å²) in [4.78, 5) is 12.3. The average Bonchev–Trinajstić information content (AvgIpc) is 2.75. The van der Waals surface area contributed by atoms with Crippen molar-refractivity contribution in [1.82, 2.24) is 0 Å². The minimum Gasteiger partial charge on any atom is -0.461 e. The number of ether oxygens (including phenoxy) is 1. The smallest absolute Gasteiger partial charge is 0.416 e. The van der Waals surface area contributed by atoms with Gasteiger partial charge in [0.2, 0.25) is 0 Å². The third-order valence-electron chi connectivity index (χ3n) is 6.07. The predicted molar refractivity (Wildman–Crippen MR) is 110 cm³/mol. The van der Waals surface area contributed by atoms with Crippen molar-refractivity contribution in [3.05, 3.63) is 71.0 Å². The molecule has 1 heterocycles. The number of rotatable bonds is 4. The monoisotopic (exact) mass is 437 g/mol. The van der Waals surface area contributed by atoms with Gasteiger partial charge in [0.25, 0.3) is 0 Å². The Labute approximate surface area is 179 Å². The summed E-state index contributed by atoms with van der Waals surface area (Å²) in [5, 5.41) is 0. The normalized spacial score (nSPS) is 25.3. The van der Waals surface area contributed by atoms with E-state index in [9.17, 15) is 22.4 Å². The van der Waals surface area contributed by atoms with Crippen molar-refractivity contribution in [3.63, 3.8) is 0 Å². The van der Waals surface area contributed by atoms with E-state index in [2.05, 4.69) is 0 Å². The number of hydrogen-bond donors (Lipinski definition) is 1. The van der Waals surface area contributed by atoms with Crippen LogP contribution in [0.3, 0.4) is 0 Å². The van der Waals surface area contributed by atoms with E-state index in [-0.39, 0.29) is 17.7 Å². The van der Waals surface area contributed by atoms with Crippen molar-refractivity contribution in [2.45, 2.75) is 57.3 Å². The van der Waals surface area contributed by atoms with E-state index >= 15 is 0 Å². The van der Waals surface area contributed by atoms with Gasteiger partial charge in [-0.2, -0.15) is 13.2 Å². The Bertz CT molecular complexity index is 865. The second-order valence-electron chi connectivity index (χ2n) is 8.33. The van der Waals surface area contributed by atoms with E-state index in [0.717, 1.165) is 29.7 Å². The Balaban J connectivity index is 1.85. The van der Waals surface area contributed by atoms with Gasteiger partial charge in [0.15, 0.2) is 0 Å². The Morgan fingerprint density at radius 3 is 2.16 bits per heavy atom. The van der Waals surface area contributed by atoms with Crippen molar-refractivity contribution in [2.24, 2.45) is 17.6 Å². The molecule has 7 heteroatoms. The van der Waals surface area contributed by atoms with Gasteiger partial charge in [0.05, 0.1) is 5.56 Å². The van der Waals surface area contributed by atoms with E-state index in [1.807, 2.05) is 6.92 Å². The highest BCUT2D eigenvalue weighted by atomic mass is 19.4. The van der Waals surface area contributed by atoms with Crippen molar-refractivity contribution < 1.29 is 27.1 Å². The average molecular weight is 437 g/mol. The number of halogens is 4. The molecule has 0 aliphatic carbocycles. The van der Waals surface area contributed by atoms with Crippen LogP contribution in [0.2, 0.25) is 0 Å². The van der Waals surface area contributed by atoms with Crippen LogP contribution in [0.15, 0.2) is 48.5 Å². The number of cyclic esters (lactones) is 1. The zero-order valence-corrected chi connectivity index (χ0v) is 17.4. The summed E-state index contributed by atoms with van der Waals surface area (Å²) >= 11 is 0. The maximum absolute atomic E-state index is 13.3. The fraction of sp³-hybridized carbons (Fsp3) is 0.458. The molecule has 0 unspecified atom stereocenters. The van der Waals surface area contributed by atoms with Crippen molar-refractivity contribution in [1.29, 1.82) is 0 Å². The molecule has 2 N–H and O–H groups in total. The van der Waals surface area contributed by atoms with E-state index < -0.39 is 29.9 Å². The van der Waals surface area contributed by atoms with Crippen molar-refractivity contribution >= 4 is 5.97 Å². The Morgan fingerprint density at radius 1 is 0.968 bits per heavy atom. The van der Waals surface area contributed by atoms with Crippen LogP contribution in [-0.4, -0.2) is 18.1 Å². The minimum absolute atomic E-state index is 0.0647. The lowest BCUT2D eigenvalue weighted by Gasteiger charge is -2.31. The lowest BCUT2D eigenvalue weighted by molar-refractivity contribution is -0.153. The number of nitrogens with two attached hydrogens (primary N) is 1. The van der Waals surface area contributed by atoms with Crippen LogP contribution in [0, 0.1) is 17.7 Å². The van der Waals surface area contributed by atoms with Gasteiger partial charge in [-0.3, -0.25) is 4.79 Å². The lowest BCUT2D eigenvalue weighted by atomic mass is 9.77. The standard InChI is InChI=1S/C24H27F4NO2/c1-15-21(14-17-7-11-20(25)12-8-17)18(3-2-4-22(29)23(30)31-15)13-16-5-9-19(10-6-16)24(26,27)28/h5-12,15,18,21-22H,2-4,13-14,29H2,1H3/t15-,18+,21-,22-/m0/s1. The molecule has 3 rings (SSSR count). The molecule has 2 aromatic rings. The number of carbonyl (C=O) groups is 1. The summed E-state index contributed by atoms with van der Waals surface area (Å²) in [5.74, 6) is -0.784. The first-order valence-corrected chi connectivity index (χ1v) is 10.5. The van der Waals surface area contributed by atoms with Crippen LogP contribution in [0.5, 0.6) is 0 Å². The Hall–Kier alpha value is -2.41. The Morgan fingerprint density at radius 2 is 1.55 bits per heavy atom. The molecular formula is C24H27F4NO2. The van der Waals surface area contributed by atoms with E-state index in [1.54, 1.807) is 12.1 Å². The van der Waals surface area contributed by atoms with E-state index in [0.29, 0.717) is 25.7 Å². The molecule has 168 valence electrons. The summed E-state index contributed by atoms with van der Waals surface area (Å²) in [5.41, 5.74) is 6.96. The molecular weight excluding hydrogens is 410 g/mol. The van der Waals surface area contributed by atoms with Crippen LogP contribution in [0.1, 0.15) is 42.9 Å². The maximum Gasteiger partial charge on any atom is 0.416 e. The van der Waals surface area contributed by atoms with Crippen molar-refractivity contribution in [2.75, 3.05) is 0 Å². The lowest BCUT2D eigenvalue weighted by Crippen LogP contribution is -2.37. The molecule has 2 aromatic carbocycles. The summed E-state index contributed by atoms with van der Waals surface area (Å²) in [6, 6.07) is 10.7. The molecule has 1 aliphatic rings. The van der Waals surface area contributed by atoms with Gasteiger partial charge < -0.3 is 10.5 Å². The molecule has 0 spiro atoms. The van der Waals surface area contributed by atoms with Gasteiger partial charge in [0, 0.05) is 5.92 Å². The van der Waals surface area contributed by atoms with Crippen LogP contribution in [-0.2, 0) is 28.5 Å². The molecule has 3 nitrogen and oxygen atoms in total. The molecule has 0 amide bonds. The largest absolute Gasteiger partial charge is 0.461 e. The first-order valence-electron chi connectivity index (χ1n) is 10.5. The van der Waals surface area contributed by atoms with E-state index in [4.69, 9.17) is 10.5 Å². The third kappa shape index (κ3) is 6.29. The van der Waals surface area contributed by atoms with Crippen LogP contribution in [0.4, 0.5) is 17.6 Å². The number of benzene rings is 2. The first kappa shape index (κ1) is 23.3. The molecule has 0 aromatic heterocycles. The van der Waals surface area contributed by atoms with Gasteiger partial charge >= 0.3 is 12.1 Å². The molecule has 1 saturated heterocycles. The fourth-order valence-electron chi connectivity index (χ4n) is 4.28. The predicted octanol–water partition coefficient (Wildman–Crippen LogP) is 5.31. The fourth-order valence-corrected chi connectivity index (χ4v) is 4.28. The summed E-state index contributed by atoms with van der Waals surface area (Å²) in [6.45, 7) is 1.82. The zero-order valence-electron chi connectivity index (χ0n) is 17.4. The maximum atomic E-state index is 13.3. The quantitative estimate of drug-likeness (QED) is 0.521. The third-order valence-corrected chi connectivity index (χ3v) is 6.07. The minimum atomic E-state index is -4.37. The summed E-state index contributed by atoms with van der Waals surface area (Å²) in [7, 11) is 0. The SMILES string of the molecule is C[C@@H]1OC(=O)[C@@H](N)CCC[C@H](Cc2ccc(C(F)(F)F)cc2)[C@H]1Cc1ccc(F)cc1. The molecule has 31 heavy (non-hydrogen) atoms. The molecule has 4 atom stereocenters. The highest BCUT2D eigenvalue weighted by Gasteiger charge is 2.33. The summed E-state index contributed by atoms with van der Waals surface area (Å²) < 4.78 is 57.6.